The van der Waals surface area contributed by atoms with Crippen molar-refractivity contribution in [2.24, 2.45) is 17.8 Å². The van der Waals surface area contributed by atoms with Gasteiger partial charge >= 0.3 is 6.18 Å². The summed E-state index contributed by atoms with van der Waals surface area (Å²) >= 11 is 0. The molecule has 1 fully saturated rings. The molecular formula is C27H36F3N3O5. The van der Waals surface area contributed by atoms with Crippen LogP contribution in [0.15, 0.2) is 24.3 Å². The second-order valence-corrected chi connectivity index (χ2v) is 10.6. The number of hydrogen-bond acceptors (Lipinski definition) is 5. The number of amides is 3. The summed E-state index contributed by atoms with van der Waals surface area (Å²) in [4.78, 5) is 64.5. The van der Waals surface area contributed by atoms with E-state index in [1.807, 2.05) is 0 Å². The number of alkyl halides is 3. The maximum atomic E-state index is 13.4. The first-order chi connectivity index (χ1) is 17.6. The Bertz CT molecular complexity index is 1050. The Kier molecular flexibility index (Phi) is 10.2. The largest absolute Gasteiger partial charge is 0.452 e. The maximum Gasteiger partial charge on any atom is 0.452 e. The molecule has 0 spiro atoms. The van der Waals surface area contributed by atoms with Crippen molar-refractivity contribution >= 4 is 29.3 Å². The van der Waals surface area contributed by atoms with E-state index in [0.717, 1.165) is 0 Å². The monoisotopic (exact) mass is 539 g/mol. The van der Waals surface area contributed by atoms with Gasteiger partial charge in [-0.25, -0.2) is 0 Å². The molecule has 11 heteroatoms. The Labute approximate surface area is 220 Å². The van der Waals surface area contributed by atoms with Gasteiger partial charge in [0.2, 0.25) is 11.8 Å². The maximum absolute atomic E-state index is 13.4. The number of Topliss-reactive ketones (excluding diaryl/α,β-unsaturated/α-hetero) is 2. The van der Waals surface area contributed by atoms with Crippen LogP contribution in [-0.4, -0.2) is 65.0 Å². The quantitative estimate of drug-likeness (QED) is 0.442. The predicted octanol–water partition coefficient (Wildman–Crippen LogP) is 3.54. The van der Waals surface area contributed by atoms with Crippen molar-refractivity contribution < 1.29 is 37.1 Å². The molecule has 1 aliphatic rings. The highest BCUT2D eigenvalue weighted by atomic mass is 19.4. The zero-order chi connectivity index (χ0) is 28.9. The van der Waals surface area contributed by atoms with Gasteiger partial charge < -0.3 is 15.5 Å². The second kappa shape index (κ2) is 12.5. The molecular weight excluding hydrogens is 503 g/mol. The Morgan fingerprint density at radius 1 is 0.842 bits per heavy atom. The molecule has 1 saturated heterocycles. The molecule has 8 nitrogen and oxygen atoms in total. The van der Waals surface area contributed by atoms with E-state index in [-0.39, 0.29) is 36.1 Å². The molecule has 1 aromatic rings. The van der Waals surface area contributed by atoms with Crippen molar-refractivity contribution in [3.05, 3.63) is 35.4 Å². The number of hydrogen-bond donors (Lipinski definition) is 2. The molecule has 1 unspecified atom stereocenters. The van der Waals surface area contributed by atoms with Crippen LogP contribution in [0.3, 0.4) is 0 Å². The minimum atomic E-state index is -5.11. The molecule has 1 aliphatic heterocycles. The van der Waals surface area contributed by atoms with Crippen molar-refractivity contribution in [2.75, 3.05) is 6.54 Å². The summed E-state index contributed by atoms with van der Waals surface area (Å²) in [6.07, 6.45) is -4.46. The molecule has 2 rings (SSSR count). The third-order valence-electron chi connectivity index (χ3n) is 6.54. The molecule has 210 valence electrons. The number of carbonyl (C=O) groups is 5. The van der Waals surface area contributed by atoms with Gasteiger partial charge in [0.25, 0.3) is 11.7 Å². The molecule has 0 aromatic heterocycles. The lowest BCUT2D eigenvalue weighted by atomic mass is 9.98. The van der Waals surface area contributed by atoms with Crippen LogP contribution < -0.4 is 10.6 Å². The van der Waals surface area contributed by atoms with E-state index in [9.17, 15) is 37.1 Å². The van der Waals surface area contributed by atoms with Gasteiger partial charge in [0.15, 0.2) is 5.78 Å². The number of carbonyl (C=O) groups excluding carboxylic acids is 5. The van der Waals surface area contributed by atoms with Crippen LogP contribution in [0.4, 0.5) is 13.2 Å². The van der Waals surface area contributed by atoms with Crippen LogP contribution in [0.25, 0.3) is 0 Å². The van der Waals surface area contributed by atoms with E-state index >= 15 is 0 Å². The fraction of sp³-hybridized carbons (Fsp3) is 0.593. The summed E-state index contributed by atoms with van der Waals surface area (Å²) in [6.45, 7) is 9.94. The number of halogens is 3. The number of rotatable bonds is 10. The first-order valence-electron chi connectivity index (χ1n) is 12.7. The minimum Gasteiger partial charge on any atom is -0.344 e. The van der Waals surface area contributed by atoms with Crippen molar-refractivity contribution in [2.45, 2.75) is 78.7 Å². The lowest BCUT2D eigenvalue weighted by Crippen LogP contribution is -2.58. The summed E-state index contributed by atoms with van der Waals surface area (Å²) in [5, 5.41) is 4.88. The fourth-order valence-electron chi connectivity index (χ4n) is 4.30. The van der Waals surface area contributed by atoms with Gasteiger partial charge in [-0.15, -0.1) is 0 Å². The Morgan fingerprint density at radius 2 is 1.37 bits per heavy atom. The van der Waals surface area contributed by atoms with Gasteiger partial charge in [-0.3, -0.25) is 24.0 Å². The first-order valence-corrected chi connectivity index (χ1v) is 12.7. The third kappa shape index (κ3) is 7.41. The molecule has 0 aliphatic carbocycles. The van der Waals surface area contributed by atoms with Gasteiger partial charge in [-0.2, -0.15) is 13.2 Å². The number of ketones is 2. The highest BCUT2D eigenvalue weighted by Gasteiger charge is 2.46. The van der Waals surface area contributed by atoms with Crippen LogP contribution in [-0.2, 0) is 14.4 Å². The number of benzene rings is 1. The Morgan fingerprint density at radius 3 is 1.84 bits per heavy atom. The van der Waals surface area contributed by atoms with Crippen LogP contribution in [0, 0.1) is 17.8 Å². The van der Waals surface area contributed by atoms with Crippen LogP contribution in [0.1, 0.15) is 75.1 Å². The molecule has 0 bridgehead atoms. The topological polar surface area (TPSA) is 113 Å². The average Bonchev–Trinajstić information content (AvgIpc) is 3.33. The van der Waals surface area contributed by atoms with Gasteiger partial charge in [0.05, 0.1) is 6.04 Å². The summed E-state index contributed by atoms with van der Waals surface area (Å²) in [6, 6.07) is 2.21. The highest BCUT2D eigenvalue weighted by molar-refractivity contribution is 6.01. The molecule has 2 N–H and O–H groups in total. The lowest BCUT2D eigenvalue weighted by Gasteiger charge is -2.32. The number of nitrogens with zero attached hydrogens (tertiary/aromatic N) is 1. The van der Waals surface area contributed by atoms with Gasteiger partial charge in [-0.05, 0) is 36.8 Å². The number of likely N-dealkylation sites (tertiary alicyclic amines) is 1. The SMILES string of the molecule is CC(C)C(=O)c1ccc(C(=O)N[C@H](C(=O)N2CCC[C@H]2C(=O)NC(C(=O)C(F)(F)F)C(C)C)C(C)C)cc1. The normalized spacial score (nSPS) is 17.5. The van der Waals surface area contributed by atoms with E-state index in [2.05, 4.69) is 10.6 Å². The van der Waals surface area contributed by atoms with E-state index < -0.39 is 53.7 Å². The van der Waals surface area contributed by atoms with Crippen LogP contribution in [0.5, 0.6) is 0 Å². The molecule has 1 heterocycles. The zero-order valence-electron chi connectivity index (χ0n) is 22.5. The summed E-state index contributed by atoms with van der Waals surface area (Å²) < 4.78 is 39.1. The van der Waals surface area contributed by atoms with Crippen LogP contribution in [0.2, 0.25) is 0 Å². The van der Waals surface area contributed by atoms with Crippen molar-refractivity contribution in [3.63, 3.8) is 0 Å². The zero-order valence-corrected chi connectivity index (χ0v) is 22.5. The predicted molar refractivity (Wildman–Crippen MR) is 134 cm³/mol. The minimum absolute atomic E-state index is 0.0674. The smallest absolute Gasteiger partial charge is 0.344 e. The first kappa shape index (κ1) is 31.0. The van der Waals surface area contributed by atoms with Gasteiger partial charge in [-0.1, -0.05) is 53.7 Å². The summed E-state index contributed by atoms with van der Waals surface area (Å²) in [5.41, 5.74) is 0.701. The summed E-state index contributed by atoms with van der Waals surface area (Å²) in [7, 11) is 0. The molecule has 1 aromatic carbocycles. The van der Waals surface area contributed by atoms with Gasteiger partial charge in [0.1, 0.15) is 12.1 Å². The van der Waals surface area contributed by atoms with E-state index in [1.54, 1.807) is 27.7 Å². The van der Waals surface area contributed by atoms with E-state index in [4.69, 9.17) is 0 Å². The lowest BCUT2D eigenvalue weighted by molar-refractivity contribution is -0.175. The second-order valence-electron chi connectivity index (χ2n) is 10.6. The Balaban J connectivity index is 2.17. The molecule has 0 saturated carbocycles. The molecule has 0 radical (unpaired) electrons. The van der Waals surface area contributed by atoms with Crippen molar-refractivity contribution in [1.29, 1.82) is 0 Å². The van der Waals surface area contributed by atoms with E-state index in [0.29, 0.717) is 12.0 Å². The Hall–Kier alpha value is -3.24. The standard InChI is InChI=1S/C27H36F3N3O5/c1-14(2)20(23(35)27(28,29)30)31-25(37)19-8-7-13-33(19)26(38)21(15(3)4)32-24(36)18-11-9-17(10-12-18)22(34)16(5)6/h9-12,14-16,19-21H,7-8,13H2,1-6H3,(H,31,37)(H,32,36)/t19-,20?,21-/m0/s1. The van der Waals surface area contributed by atoms with E-state index in [1.165, 1.54) is 43.0 Å². The van der Waals surface area contributed by atoms with Gasteiger partial charge in [0, 0.05) is 23.6 Å². The molecule has 38 heavy (non-hydrogen) atoms. The highest BCUT2D eigenvalue weighted by Crippen LogP contribution is 2.24. The molecule has 3 atom stereocenters. The fourth-order valence-corrected chi connectivity index (χ4v) is 4.30. The number of nitrogens with one attached hydrogen (secondary N) is 2. The summed E-state index contributed by atoms with van der Waals surface area (Å²) in [5.74, 6) is -5.43. The molecule has 3 amide bonds. The average molecular weight is 540 g/mol. The van der Waals surface area contributed by atoms with Crippen molar-refractivity contribution in [3.8, 4) is 0 Å². The third-order valence-corrected chi connectivity index (χ3v) is 6.54. The van der Waals surface area contributed by atoms with Crippen molar-refractivity contribution in [1.82, 2.24) is 15.5 Å². The van der Waals surface area contributed by atoms with Crippen LogP contribution >= 0.6 is 0 Å².